The van der Waals surface area contributed by atoms with Crippen LogP contribution in [-0.4, -0.2) is 16.1 Å². The summed E-state index contributed by atoms with van der Waals surface area (Å²) in [6, 6.07) is 9.19. The number of halogens is 6. The zero-order valence-corrected chi connectivity index (χ0v) is 17.6. The van der Waals surface area contributed by atoms with Gasteiger partial charge in [-0.05, 0) is 36.4 Å². The third-order valence-corrected chi connectivity index (χ3v) is 5.95. The molecule has 0 saturated carbocycles. The van der Waals surface area contributed by atoms with Gasteiger partial charge in [0.05, 0.1) is 35.8 Å². The lowest BCUT2D eigenvalue weighted by Gasteiger charge is -2.14. The molecule has 0 fully saturated rings. The third kappa shape index (κ3) is 3.86. The van der Waals surface area contributed by atoms with Crippen molar-refractivity contribution in [1.82, 2.24) is 4.98 Å². The molecule has 1 heterocycles. The van der Waals surface area contributed by atoms with Gasteiger partial charge in [-0.25, -0.2) is 9.78 Å². The van der Waals surface area contributed by atoms with E-state index in [9.17, 15) is 9.90 Å². The topological polar surface area (TPSA) is 50.2 Å². The SMILES string of the molecule is O=C(O)c1nc(-c2c(Cl)ccc(Cl)c2Cl)ccc1-c1c(Cl)ccc(Cl)c1Cl. The highest BCUT2D eigenvalue weighted by molar-refractivity contribution is 6.47. The van der Waals surface area contributed by atoms with Crippen molar-refractivity contribution in [3.8, 4) is 22.4 Å². The van der Waals surface area contributed by atoms with E-state index >= 15 is 0 Å². The Morgan fingerprint density at radius 3 is 1.74 bits per heavy atom. The fraction of sp³-hybridized carbons (Fsp3) is 0. The summed E-state index contributed by atoms with van der Waals surface area (Å²) >= 11 is 37.0. The highest BCUT2D eigenvalue weighted by Gasteiger charge is 2.22. The molecule has 1 aromatic heterocycles. The number of nitrogens with zero attached hydrogens (tertiary/aromatic N) is 1. The number of carbonyl (C=O) groups is 1. The molecule has 0 amide bonds. The summed E-state index contributed by atoms with van der Waals surface area (Å²) in [5.41, 5.74) is 0.750. The molecule has 0 bridgehead atoms. The maximum Gasteiger partial charge on any atom is 0.355 e. The van der Waals surface area contributed by atoms with E-state index in [1.807, 2.05) is 0 Å². The van der Waals surface area contributed by atoms with Crippen LogP contribution in [-0.2, 0) is 0 Å². The number of rotatable bonds is 3. The molecule has 3 rings (SSSR count). The summed E-state index contributed by atoms with van der Waals surface area (Å²) in [6.07, 6.45) is 0. The third-order valence-electron chi connectivity index (χ3n) is 3.71. The Hall–Kier alpha value is -1.20. The summed E-state index contributed by atoms with van der Waals surface area (Å²) < 4.78 is 0. The van der Waals surface area contributed by atoms with Gasteiger partial charge in [0.2, 0.25) is 0 Å². The van der Waals surface area contributed by atoms with Crippen LogP contribution in [0.1, 0.15) is 10.5 Å². The van der Waals surface area contributed by atoms with Gasteiger partial charge in [0.25, 0.3) is 0 Å². The van der Waals surface area contributed by atoms with Gasteiger partial charge in [0.1, 0.15) is 0 Å². The van der Waals surface area contributed by atoms with E-state index in [1.165, 1.54) is 24.3 Å². The van der Waals surface area contributed by atoms with Crippen molar-refractivity contribution in [2.75, 3.05) is 0 Å². The zero-order chi connectivity index (χ0) is 19.9. The van der Waals surface area contributed by atoms with Gasteiger partial charge in [-0.1, -0.05) is 69.6 Å². The van der Waals surface area contributed by atoms with E-state index in [1.54, 1.807) is 12.1 Å². The van der Waals surface area contributed by atoms with Crippen molar-refractivity contribution in [3.63, 3.8) is 0 Å². The van der Waals surface area contributed by atoms with Crippen LogP contribution < -0.4 is 0 Å². The van der Waals surface area contributed by atoms with E-state index in [4.69, 9.17) is 69.6 Å². The number of carboxylic acids is 1. The van der Waals surface area contributed by atoms with Gasteiger partial charge >= 0.3 is 5.97 Å². The van der Waals surface area contributed by atoms with Crippen molar-refractivity contribution in [2.24, 2.45) is 0 Å². The molecule has 27 heavy (non-hydrogen) atoms. The van der Waals surface area contributed by atoms with Crippen LogP contribution >= 0.6 is 69.6 Å². The lowest BCUT2D eigenvalue weighted by Crippen LogP contribution is -2.05. The highest BCUT2D eigenvalue weighted by atomic mass is 35.5. The Labute approximate surface area is 184 Å². The van der Waals surface area contributed by atoms with Crippen LogP contribution in [0.15, 0.2) is 36.4 Å². The summed E-state index contributed by atoms with van der Waals surface area (Å²) in [5.74, 6) is -1.28. The summed E-state index contributed by atoms with van der Waals surface area (Å²) in [7, 11) is 0. The van der Waals surface area contributed by atoms with E-state index in [0.29, 0.717) is 5.56 Å². The first kappa shape index (κ1) is 20.5. The molecule has 1 N–H and O–H groups in total. The number of carboxylic acid groups (broad SMARTS) is 1. The van der Waals surface area contributed by atoms with Crippen LogP contribution in [0.5, 0.6) is 0 Å². The Morgan fingerprint density at radius 2 is 1.19 bits per heavy atom. The maximum absolute atomic E-state index is 11.8. The molecule has 0 radical (unpaired) electrons. The number of aromatic nitrogens is 1. The molecule has 2 aromatic carbocycles. The molecule has 0 unspecified atom stereocenters. The van der Waals surface area contributed by atoms with E-state index in [2.05, 4.69) is 4.98 Å². The van der Waals surface area contributed by atoms with Crippen molar-refractivity contribution in [3.05, 3.63) is 72.2 Å². The fourth-order valence-electron chi connectivity index (χ4n) is 2.50. The van der Waals surface area contributed by atoms with Crippen molar-refractivity contribution < 1.29 is 9.90 Å². The predicted molar refractivity (Wildman–Crippen MR) is 112 cm³/mol. The van der Waals surface area contributed by atoms with Gasteiger partial charge in [0, 0.05) is 16.7 Å². The first-order valence-corrected chi connectivity index (χ1v) is 9.51. The van der Waals surface area contributed by atoms with Gasteiger partial charge in [0.15, 0.2) is 5.69 Å². The molecule has 0 aliphatic carbocycles. The average molecular weight is 482 g/mol. The molecule has 9 heteroatoms. The lowest BCUT2D eigenvalue weighted by atomic mass is 10.0. The summed E-state index contributed by atoms with van der Waals surface area (Å²) in [4.78, 5) is 16.1. The van der Waals surface area contributed by atoms with Crippen molar-refractivity contribution in [1.29, 1.82) is 0 Å². The first-order chi connectivity index (χ1) is 12.7. The zero-order valence-electron chi connectivity index (χ0n) is 13.0. The first-order valence-electron chi connectivity index (χ1n) is 7.24. The van der Waals surface area contributed by atoms with E-state index in [0.717, 1.165) is 0 Å². The number of hydrogen-bond donors (Lipinski definition) is 1. The van der Waals surface area contributed by atoms with Gasteiger partial charge in [-0.15, -0.1) is 0 Å². The smallest absolute Gasteiger partial charge is 0.355 e. The molecular weight excluding hydrogens is 475 g/mol. The largest absolute Gasteiger partial charge is 0.476 e. The standard InChI is InChI=1S/C18H7Cl6NO2/c19-8-2-4-10(21)15(23)13(8)7-1-6-12(25-17(7)18(26)27)14-9(20)3-5-11(22)16(14)24/h1-6H,(H,26,27). The molecule has 3 nitrogen and oxygen atoms in total. The molecule has 3 aromatic rings. The lowest BCUT2D eigenvalue weighted by molar-refractivity contribution is 0.0691. The van der Waals surface area contributed by atoms with Gasteiger partial charge in [-0.3, -0.25) is 0 Å². The van der Waals surface area contributed by atoms with Crippen LogP contribution in [0, 0.1) is 0 Å². The molecule has 0 aliphatic heterocycles. The second kappa shape index (κ2) is 8.04. The summed E-state index contributed by atoms with van der Waals surface area (Å²) in [6.45, 7) is 0. The average Bonchev–Trinajstić information content (AvgIpc) is 2.62. The van der Waals surface area contributed by atoms with E-state index in [-0.39, 0.29) is 52.7 Å². The fourth-order valence-corrected chi connectivity index (χ4v) is 3.95. The second-order valence-electron chi connectivity index (χ2n) is 5.33. The van der Waals surface area contributed by atoms with Crippen molar-refractivity contribution >= 4 is 75.6 Å². The number of pyridine rings is 1. The number of hydrogen-bond acceptors (Lipinski definition) is 2. The molecule has 0 spiro atoms. The Kier molecular flexibility index (Phi) is 6.11. The minimum atomic E-state index is -1.28. The predicted octanol–water partition coefficient (Wildman–Crippen LogP) is 8.03. The normalized spacial score (nSPS) is 10.9. The minimum Gasteiger partial charge on any atom is -0.476 e. The van der Waals surface area contributed by atoms with Gasteiger partial charge in [-0.2, -0.15) is 0 Å². The van der Waals surface area contributed by atoms with Crippen LogP contribution in [0.25, 0.3) is 22.4 Å². The second-order valence-corrected chi connectivity index (χ2v) is 7.72. The maximum atomic E-state index is 11.8. The van der Waals surface area contributed by atoms with Gasteiger partial charge < -0.3 is 5.11 Å². The molecular formula is C18H7Cl6NO2. The summed E-state index contributed by atoms with van der Waals surface area (Å²) in [5, 5.41) is 11.0. The Balaban J connectivity index is 2.30. The van der Waals surface area contributed by atoms with Crippen LogP contribution in [0.3, 0.4) is 0 Å². The quantitative estimate of drug-likeness (QED) is 0.385. The van der Waals surface area contributed by atoms with Crippen LogP contribution in [0.4, 0.5) is 0 Å². The Bertz CT molecular complexity index is 1080. The molecule has 0 atom stereocenters. The number of benzene rings is 2. The monoisotopic (exact) mass is 479 g/mol. The number of aromatic carboxylic acids is 1. The highest BCUT2D eigenvalue weighted by Crippen LogP contribution is 2.42. The Morgan fingerprint density at radius 1 is 0.704 bits per heavy atom. The molecule has 138 valence electrons. The van der Waals surface area contributed by atoms with Crippen LogP contribution in [0.2, 0.25) is 30.1 Å². The molecule has 0 aliphatic rings. The minimum absolute atomic E-state index is 0.125. The molecule has 0 saturated heterocycles. The van der Waals surface area contributed by atoms with E-state index < -0.39 is 5.97 Å². The van der Waals surface area contributed by atoms with Crippen molar-refractivity contribution in [2.45, 2.75) is 0 Å².